The van der Waals surface area contributed by atoms with Crippen LogP contribution in [0.4, 0.5) is 17.1 Å². The fourth-order valence-electron chi connectivity index (χ4n) is 6.89. The Morgan fingerprint density at radius 2 is 0.891 bits per heavy atom. The maximum absolute atomic E-state index is 2.40. The first-order chi connectivity index (χ1) is 22.8. The van der Waals surface area contributed by atoms with E-state index < -0.39 is 0 Å². The average Bonchev–Trinajstić information content (AvgIpc) is 3.68. The van der Waals surface area contributed by atoms with Crippen molar-refractivity contribution < 1.29 is 0 Å². The molecule has 46 heavy (non-hydrogen) atoms. The summed E-state index contributed by atoms with van der Waals surface area (Å²) in [7, 11) is 0. The number of anilines is 3. The highest BCUT2D eigenvalue weighted by molar-refractivity contribution is 7.26. The van der Waals surface area contributed by atoms with Gasteiger partial charge in [0.2, 0.25) is 0 Å². The summed E-state index contributed by atoms with van der Waals surface area (Å²) >= 11 is 3.77. The zero-order valence-electron chi connectivity index (χ0n) is 25.0. The van der Waals surface area contributed by atoms with E-state index in [1.165, 1.54) is 57.0 Å². The van der Waals surface area contributed by atoms with E-state index >= 15 is 0 Å². The predicted molar refractivity (Wildman–Crippen MR) is 201 cm³/mol. The molecule has 7 aromatic carbocycles. The molecule has 0 saturated carbocycles. The fourth-order valence-corrected chi connectivity index (χ4v) is 9.21. The summed E-state index contributed by atoms with van der Waals surface area (Å²) in [6, 6.07) is 62.0. The molecule has 2 heterocycles. The van der Waals surface area contributed by atoms with Crippen LogP contribution in [0.2, 0.25) is 0 Å². The molecule has 0 atom stereocenters. The summed E-state index contributed by atoms with van der Waals surface area (Å²) in [5.41, 5.74) is 7.44. The van der Waals surface area contributed by atoms with Crippen LogP contribution in [0.15, 0.2) is 170 Å². The maximum atomic E-state index is 2.40. The Morgan fingerprint density at radius 1 is 0.370 bits per heavy atom. The van der Waals surface area contributed by atoms with E-state index in [-0.39, 0.29) is 5.92 Å². The predicted octanol–water partition coefficient (Wildman–Crippen LogP) is 13.1. The van der Waals surface area contributed by atoms with Crippen LogP contribution in [0.3, 0.4) is 0 Å². The highest BCUT2D eigenvalue weighted by atomic mass is 32.1. The second kappa shape index (κ2) is 11.3. The Balaban J connectivity index is 1.23. The van der Waals surface area contributed by atoms with Crippen molar-refractivity contribution in [1.29, 1.82) is 0 Å². The van der Waals surface area contributed by atoms with Crippen LogP contribution < -0.4 is 4.90 Å². The molecule has 9 aromatic rings. The van der Waals surface area contributed by atoms with E-state index in [4.69, 9.17) is 0 Å². The van der Waals surface area contributed by atoms with Gasteiger partial charge in [0, 0.05) is 63.3 Å². The van der Waals surface area contributed by atoms with Crippen molar-refractivity contribution in [3.05, 3.63) is 187 Å². The van der Waals surface area contributed by atoms with Crippen molar-refractivity contribution in [1.82, 2.24) is 0 Å². The monoisotopic (exact) mass is 623 g/mol. The van der Waals surface area contributed by atoms with Gasteiger partial charge in [-0.3, -0.25) is 0 Å². The molecule has 3 heteroatoms. The van der Waals surface area contributed by atoms with Gasteiger partial charge < -0.3 is 4.90 Å². The largest absolute Gasteiger partial charge is 0.310 e. The van der Waals surface area contributed by atoms with E-state index in [9.17, 15) is 0 Å². The third-order valence-corrected chi connectivity index (χ3v) is 11.4. The van der Waals surface area contributed by atoms with E-state index in [2.05, 4.69) is 175 Å². The summed E-state index contributed by atoms with van der Waals surface area (Å²) in [5.74, 6) is 0.159. The van der Waals surface area contributed by atoms with Crippen molar-refractivity contribution in [2.24, 2.45) is 0 Å². The third kappa shape index (κ3) is 4.59. The molecule has 0 unspecified atom stereocenters. The standard InChI is InChI=1S/C43H29NS2/c1-4-13-29(14-5-1)42(30-15-6-2-7-16-30)36-21-12-20-35-38-28-33(24-26-41(38)46-43(35)36)44(31-17-8-3-9-18-31)32-23-25-40-37(27-32)34-19-10-11-22-39(34)45-40/h1-28,42H. The zero-order chi connectivity index (χ0) is 30.5. The van der Waals surface area contributed by atoms with Crippen molar-refractivity contribution in [3.8, 4) is 0 Å². The third-order valence-electron chi connectivity index (χ3n) is 8.98. The van der Waals surface area contributed by atoms with Crippen LogP contribution >= 0.6 is 22.7 Å². The second-order valence-corrected chi connectivity index (χ2v) is 13.8. The van der Waals surface area contributed by atoms with Crippen molar-refractivity contribution >= 4 is 80.1 Å². The smallest absolute Gasteiger partial charge is 0.0468 e. The minimum atomic E-state index is 0.159. The lowest BCUT2D eigenvalue weighted by molar-refractivity contribution is 0.991. The molecule has 0 aliphatic heterocycles. The SMILES string of the molecule is c1ccc(C(c2ccccc2)c2cccc3c2sc2ccc(N(c4ccccc4)c4ccc5sc6ccccc6c5c4)cc23)cc1. The van der Waals surface area contributed by atoms with Crippen molar-refractivity contribution in [3.63, 3.8) is 0 Å². The highest BCUT2D eigenvalue weighted by Crippen LogP contribution is 2.45. The van der Waals surface area contributed by atoms with Gasteiger partial charge in [-0.25, -0.2) is 0 Å². The van der Waals surface area contributed by atoms with Crippen molar-refractivity contribution in [2.45, 2.75) is 5.92 Å². The first-order valence-electron chi connectivity index (χ1n) is 15.6. The molecule has 0 N–H and O–H groups in total. The second-order valence-electron chi connectivity index (χ2n) is 11.7. The number of fused-ring (bicyclic) bond motifs is 6. The number of hydrogen-bond donors (Lipinski definition) is 0. The highest BCUT2D eigenvalue weighted by Gasteiger charge is 2.22. The normalized spacial score (nSPS) is 11.7. The van der Waals surface area contributed by atoms with E-state index in [0.717, 1.165) is 17.1 Å². The summed E-state index contributed by atoms with van der Waals surface area (Å²) in [5, 5.41) is 5.22. The Labute approximate surface area is 276 Å². The van der Waals surface area contributed by atoms with Gasteiger partial charge in [-0.1, -0.05) is 115 Å². The molecule has 0 amide bonds. The van der Waals surface area contributed by atoms with Gasteiger partial charge in [0.25, 0.3) is 0 Å². The number of para-hydroxylation sites is 1. The van der Waals surface area contributed by atoms with Crippen LogP contribution in [0.25, 0.3) is 40.3 Å². The summed E-state index contributed by atoms with van der Waals surface area (Å²) in [6.45, 7) is 0. The number of thiophene rings is 2. The number of hydrogen-bond acceptors (Lipinski definition) is 3. The first kappa shape index (κ1) is 27.1. The van der Waals surface area contributed by atoms with E-state index in [0.29, 0.717) is 0 Å². The van der Waals surface area contributed by atoms with Crippen molar-refractivity contribution in [2.75, 3.05) is 4.90 Å². The molecule has 0 aliphatic rings. The van der Waals surface area contributed by atoms with Crippen LogP contribution in [-0.2, 0) is 0 Å². The molecule has 1 nitrogen and oxygen atoms in total. The number of nitrogens with zero attached hydrogens (tertiary/aromatic N) is 1. The molecule has 9 rings (SSSR count). The molecule has 218 valence electrons. The first-order valence-corrected chi connectivity index (χ1v) is 17.3. The van der Waals surface area contributed by atoms with E-state index in [1.54, 1.807) is 0 Å². The molecule has 0 saturated heterocycles. The summed E-state index contributed by atoms with van der Waals surface area (Å²) in [4.78, 5) is 2.40. The summed E-state index contributed by atoms with van der Waals surface area (Å²) in [6.07, 6.45) is 0. The summed E-state index contributed by atoms with van der Waals surface area (Å²) < 4.78 is 5.30. The van der Waals surface area contributed by atoms with Crippen LogP contribution in [-0.4, -0.2) is 0 Å². The molecule has 0 aliphatic carbocycles. The van der Waals surface area contributed by atoms with Gasteiger partial charge in [-0.05, 0) is 71.3 Å². The Bertz CT molecular complexity index is 2440. The van der Waals surface area contributed by atoms with E-state index in [1.807, 2.05) is 22.7 Å². The fraction of sp³-hybridized carbons (Fsp3) is 0.0233. The topological polar surface area (TPSA) is 3.24 Å². The minimum absolute atomic E-state index is 0.159. The number of rotatable bonds is 6. The molecule has 0 bridgehead atoms. The Morgan fingerprint density at radius 3 is 1.57 bits per heavy atom. The minimum Gasteiger partial charge on any atom is -0.310 e. The Hall–Kier alpha value is -5.22. The van der Waals surface area contributed by atoms with Crippen LogP contribution in [0, 0.1) is 0 Å². The quantitative estimate of drug-likeness (QED) is 0.167. The van der Waals surface area contributed by atoms with Gasteiger partial charge in [-0.15, -0.1) is 22.7 Å². The lowest BCUT2D eigenvalue weighted by atomic mass is 9.84. The van der Waals surface area contributed by atoms with Crippen LogP contribution in [0.1, 0.15) is 22.6 Å². The van der Waals surface area contributed by atoms with Gasteiger partial charge >= 0.3 is 0 Å². The molecular weight excluding hydrogens is 595 g/mol. The van der Waals surface area contributed by atoms with Crippen LogP contribution in [0.5, 0.6) is 0 Å². The lowest BCUT2D eigenvalue weighted by Crippen LogP contribution is -2.09. The molecule has 0 radical (unpaired) electrons. The molecule has 2 aromatic heterocycles. The lowest BCUT2D eigenvalue weighted by Gasteiger charge is -2.25. The molecular formula is C43H29NS2. The van der Waals surface area contributed by atoms with Gasteiger partial charge in [0.05, 0.1) is 0 Å². The molecule has 0 spiro atoms. The van der Waals surface area contributed by atoms with Gasteiger partial charge in [0.1, 0.15) is 0 Å². The maximum Gasteiger partial charge on any atom is 0.0468 e. The van der Waals surface area contributed by atoms with Gasteiger partial charge in [-0.2, -0.15) is 0 Å². The van der Waals surface area contributed by atoms with Gasteiger partial charge in [0.15, 0.2) is 0 Å². The zero-order valence-corrected chi connectivity index (χ0v) is 26.6. The average molecular weight is 624 g/mol. The Kier molecular flexibility index (Phi) is 6.66. The number of benzene rings is 7. The molecule has 0 fully saturated rings.